The van der Waals surface area contributed by atoms with Crippen molar-refractivity contribution < 1.29 is 4.79 Å². The van der Waals surface area contributed by atoms with Gasteiger partial charge in [0.05, 0.1) is 0 Å². The van der Waals surface area contributed by atoms with Crippen LogP contribution in [0.2, 0.25) is 0 Å². The molecule has 96 valence electrons. The van der Waals surface area contributed by atoms with Crippen LogP contribution in [0.1, 0.15) is 17.4 Å². The SMILES string of the molecule is CC1CN(C(=O)c2cc(Br)cn2C)CCN1.Cl. The summed E-state index contributed by atoms with van der Waals surface area (Å²) in [5, 5.41) is 3.33. The molecule has 0 saturated carbocycles. The third kappa shape index (κ3) is 3.24. The number of hydrogen-bond acceptors (Lipinski definition) is 2. The molecule has 2 heterocycles. The van der Waals surface area contributed by atoms with Crippen LogP contribution in [-0.2, 0) is 7.05 Å². The summed E-state index contributed by atoms with van der Waals surface area (Å²) in [5.74, 6) is 0.113. The van der Waals surface area contributed by atoms with Gasteiger partial charge >= 0.3 is 0 Å². The normalized spacial score (nSPS) is 19.9. The second kappa shape index (κ2) is 5.89. The van der Waals surface area contributed by atoms with Gasteiger partial charge in [0, 0.05) is 43.4 Å². The lowest BCUT2D eigenvalue weighted by molar-refractivity contribution is 0.0699. The second-order valence-corrected chi connectivity index (χ2v) is 5.18. The molecule has 1 aromatic rings. The van der Waals surface area contributed by atoms with Crippen LogP contribution in [0.5, 0.6) is 0 Å². The molecule has 1 fully saturated rings. The van der Waals surface area contributed by atoms with Crippen molar-refractivity contribution in [3.05, 3.63) is 22.4 Å². The number of nitrogens with zero attached hydrogens (tertiary/aromatic N) is 2. The molecule has 1 amide bonds. The number of rotatable bonds is 1. The maximum absolute atomic E-state index is 12.2. The molecular formula is C11H17BrClN3O. The first-order chi connectivity index (χ1) is 7.58. The Kier molecular flexibility index (Phi) is 5.04. The zero-order valence-electron chi connectivity index (χ0n) is 9.94. The number of halogens is 2. The first-order valence-corrected chi connectivity index (χ1v) is 6.22. The Morgan fingerprint density at radius 3 is 2.82 bits per heavy atom. The summed E-state index contributed by atoms with van der Waals surface area (Å²) in [5.41, 5.74) is 0.737. The summed E-state index contributed by atoms with van der Waals surface area (Å²) in [6, 6.07) is 2.25. The average molecular weight is 323 g/mol. The summed E-state index contributed by atoms with van der Waals surface area (Å²) >= 11 is 3.38. The van der Waals surface area contributed by atoms with E-state index in [1.165, 1.54) is 0 Å². The molecule has 0 bridgehead atoms. The maximum Gasteiger partial charge on any atom is 0.270 e. The zero-order chi connectivity index (χ0) is 11.7. The minimum absolute atomic E-state index is 0. The van der Waals surface area contributed by atoms with Gasteiger partial charge in [0.1, 0.15) is 5.69 Å². The summed E-state index contributed by atoms with van der Waals surface area (Å²) in [7, 11) is 1.89. The average Bonchev–Trinajstić information content (AvgIpc) is 2.57. The molecule has 0 aliphatic carbocycles. The molecule has 0 aromatic carbocycles. The van der Waals surface area contributed by atoms with Gasteiger partial charge in [-0.05, 0) is 28.9 Å². The number of hydrogen-bond donors (Lipinski definition) is 1. The number of piperazine rings is 1. The van der Waals surface area contributed by atoms with E-state index in [0.29, 0.717) is 6.04 Å². The van der Waals surface area contributed by atoms with E-state index in [0.717, 1.165) is 29.8 Å². The van der Waals surface area contributed by atoms with Crippen LogP contribution in [0.25, 0.3) is 0 Å². The smallest absolute Gasteiger partial charge is 0.270 e. The molecule has 1 aromatic heterocycles. The molecule has 1 unspecified atom stereocenters. The molecule has 1 atom stereocenters. The molecule has 1 N–H and O–H groups in total. The van der Waals surface area contributed by atoms with Gasteiger partial charge in [-0.25, -0.2) is 0 Å². The van der Waals surface area contributed by atoms with Gasteiger partial charge in [-0.2, -0.15) is 0 Å². The minimum Gasteiger partial charge on any atom is -0.345 e. The van der Waals surface area contributed by atoms with E-state index >= 15 is 0 Å². The standard InChI is InChI=1S/C11H16BrN3O.ClH/c1-8-6-15(4-3-13-8)11(16)10-5-9(12)7-14(10)2;/h5,7-8,13H,3-4,6H2,1-2H3;1H. The summed E-state index contributed by atoms with van der Waals surface area (Å²) in [6.45, 7) is 4.53. The third-order valence-electron chi connectivity index (χ3n) is 2.85. The fourth-order valence-corrected chi connectivity index (χ4v) is 2.54. The van der Waals surface area contributed by atoms with E-state index in [4.69, 9.17) is 0 Å². The van der Waals surface area contributed by atoms with Crippen molar-refractivity contribution in [2.24, 2.45) is 7.05 Å². The highest BCUT2D eigenvalue weighted by molar-refractivity contribution is 9.10. The first-order valence-electron chi connectivity index (χ1n) is 5.42. The Morgan fingerprint density at radius 1 is 1.59 bits per heavy atom. The van der Waals surface area contributed by atoms with Crippen molar-refractivity contribution in [2.75, 3.05) is 19.6 Å². The van der Waals surface area contributed by atoms with E-state index in [9.17, 15) is 4.79 Å². The van der Waals surface area contributed by atoms with Gasteiger partial charge in [-0.15, -0.1) is 12.4 Å². The number of aryl methyl sites for hydroxylation is 1. The highest BCUT2D eigenvalue weighted by Crippen LogP contribution is 2.16. The van der Waals surface area contributed by atoms with Crippen LogP contribution in [0.3, 0.4) is 0 Å². The lowest BCUT2D eigenvalue weighted by Gasteiger charge is -2.31. The number of amides is 1. The molecule has 0 spiro atoms. The van der Waals surface area contributed by atoms with Crippen LogP contribution >= 0.6 is 28.3 Å². The topological polar surface area (TPSA) is 37.3 Å². The fourth-order valence-electron chi connectivity index (χ4n) is 2.02. The number of carbonyl (C=O) groups is 1. The van der Waals surface area contributed by atoms with Crippen LogP contribution in [0.4, 0.5) is 0 Å². The molecule has 1 aliphatic heterocycles. The van der Waals surface area contributed by atoms with Crippen LogP contribution < -0.4 is 5.32 Å². The summed E-state index contributed by atoms with van der Waals surface area (Å²) in [6.07, 6.45) is 1.90. The van der Waals surface area contributed by atoms with Crippen LogP contribution in [-0.4, -0.2) is 41.1 Å². The molecule has 17 heavy (non-hydrogen) atoms. The van der Waals surface area contributed by atoms with E-state index in [1.807, 2.05) is 28.8 Å². The number of aromatic nitrogens is 1. The Morgan fingerprint density at radius 2 is 2.29 bits per heavy atom. The van der Waals surface area contributed by atoms with Gasteiger partial charge in [0.15, 0.2) is 0 Å². The predicted octanol–water partition coefficient (Wildman–Crippen LogP) is 1.64. The van der Waals surface area contributed by atoms with Crippen molar-refractivity contribution in [3.8, 4) is 0 Å². The number of nitrogens with one attached hydrogen (secondary N) is 1. The van der Waals surface area contributed by atoms with Crippen molar-refractivity contribution in [2.45, 2.75) is 13.0 Å². The number of carbonyl (C=O) groups excluding carboxylic acids is 1. The molecule has 6 heteroatoms. The highest BCUT2D eigenvalue weighted by atomic mass is 79.9. The summed E-state index contributed by atoms with van der Waals surface area (Å²) < 4.78 is 2.81. The van der Waals surface area contributed by atoms with Gasteiger partial charge < -0.3 is 14.8 Å². The van der Waals surface area contributed by atoms with Crippen molar-refractivity contribution >= 4 is 34.2 Å². The van der Waals surface area contributed by atoms with Gasteiger partial charge in [-0.3, -0.25) is 4.79 Å². The lowest BCUT2D eigenvalue weighted by atomic mass is 10.2. The van der Waals surface area contributed by atoms with Gasteiger partial charge in [0.2, 0.25) is 0 Å². The quantitative estimate of drug-likeness (QED) is 0.853. The molecule has 0 radical (unpaired) electrons. The van der Waals surface area contributed by atoms with Crippen molar-refractivity contribution in [1.82, 2.24) is 14.8 Å². The van der Waals surface area contributed by atoms with Crippen LogP contribution in [0.15, 0.2) is 16.7 Å². The lowest BCUT2D eigenvalue weighted by Crippen LogP contribution is -2.51. The van der Waals surface area contributed by atoms with E-state index < -0.39 is 0 Å². The maximum atomic E-state index is 12.2. The predicted molar refractivity (Wildman–Crippen MR) is 73.7 cm³/mol. The largest absolute Gasteiger partial charge is 0.345 e. The molecule has 2 rings (SSSR count). The molecule has 1 aliphatic rings. The van der Waals surface area contributed by atoms with Gasteiger partial charge in [0.25, 0.3) is 5.91 Å². The zero-order valence-corrected chi connectivity index (χ0v) is 12.3. The minimum atomic E-state index is 0. The third-order valence-corrected chi connectivity index (χ3v) is 3.28. The highest BCUT2D eigenvalue weighted by Gasteiger charge is 2.23. The van der Waals surface area contributed by atoms with Crippen molar-refractivity contribution in [3.63, 3.8) is 0 Å². The van der Waals surface area contributed by atoms with Crippen LogP contribution in [0, 0.1) is 0 Å². The first kappa shape index (κ1) is 14.5. The fraction of sp³-hybridized carbons (Fsp3) is 0.545. The van der Waals surface area contributed by atoms with E-state index in [-0.39, 0.29) is 18.3 Å². The summed E-state index contributed by atoms with van der Waals surface area (Å²) in [4.78, 5) is 14.1. The Hall–Kier alpha value is -0.520. The Labute approximate surface area is 116 Å². The van der Waals surface area contributed by atoms with Gasteiger partial charge in [-0.1, -0.05) is 0 Å². The van der Waals surface area contributed by atoms with E-state index in [2.05, 4.69) is 28.2 Å². The second-order valence-electron chi connectivity index (χ2n) is 4.26. The monoisotopic (exact) mass is 321 g/mol. The Bertz CT molecular complexity index is 407. The van der Waals surface area contributed by atoms with E-state index in [1.54, 1.807) is 0 Å². The van der Waals surface area contributed by atoms with Crippen molar-refractivity contribution in [1.29, 1.82) is 0 Å². The molecule has 4 nitrogen and oxygen atoms in total. The molecular weight excluding hydrogens is 305 g/mol. The molecule has 1 saturated heterocycles. The Balaban J connectivity index is 0.00000144.